The van der Waals surface area contributed by atoms with E-state index >= 15 is 0 Å². The van der Waals surface area contributed by atoms with Crippen LogP contribution in [0, 0.1) is 0 Å². The standard InChI is InChI=1S/C21H34FNO4/c1-21(2,3)27-20(24)23-13-11-17-15-18(25-4)16(14-19(17)26-5)10-8-6-7-9-12-22/h14-15H,6-13H2,1-5H3,(H,23,24). The molecule has 1 rings (SSSR count). The Morgan fingerprint density at radius 3 is 2.04 bits per heavy atom. The van der Waals surface area contributed by atoms with E-state index in [0.717, 1.165) is 48.3 Å². The Hall–Kier alpha value is -1.98. The van der Waals surface area contributed by atoms with Gasteiger partial charge in [-0.2, -0.15) is 0 Å². The fourth-order valence-electron chi connectivity index (χ4n) is 2.79. The molecular weight excluding hydrogens is 349 g/mol. The summed E-state index contributed by atoms with van der Waals surface area (Å²) in [6.07, 6.45) is 4.56. The first-order valence-corrected chi connectivity index (χ1v) is 9.57. The van der Waals surface area contributed by atoms with Gasteiger partial charge in [-0.3, -0.25) is 4.39 Å². The first-order valence-electron chi connectivity index (χ1n) is 9.57. The van der Waals surface area contributed by atoms with Crippen LogP contribution in [0.1, 0.15) is 57.6 Å². The Kier molecular flexibility index (Phi) is 9.97. The van der Waals surface area contributed by atoms with Gasteiger partial charge in [-0.05, 0) is 69.7 Å². The molecule has 0 saturated carbocycles. The summed E-state index contributed by atoms with van der Waals surface area (Å²) in [7, 11) is 3.29. The van der Waals surface area contributed by atoms with Gasteiger partial charge in [-0.1, -0.05) is 12.8 Å². The van der Waals surface area contributed by atoms with Crippen LogP contribution < -0.4 is 14.8 Å². The Morgan fingerprint density at radius 2 is 1.52 bits per heavy atom. The number of carbonyl (C=O) groups is 1. The zero-order valence-electron chi connectivity index (χ0n) is 17.3. The molecule has 1 N–H and O–H groups in total. The third kappa shape index (κ3) is 8.98. The van der Waals surface area contributed by atoms with Crippen LogP contribution in [0.5, 0.6) is 11.5 Å². The van der Waals surface area contributed by atoms with E-state index in [2.05, 4.69) is 5.32 Å². The van der Waals surface area contributed by atoms with Crippen molar-refractivity contribution in [1.29, 1.82) is 0 Å². The number of hydrogen-bond acceptors (Lipinski definition) is 4. The van der Waals surface area contributed by atoms with E-state index in [-0.39, 0.29) is 6.67 Å². The molecule has 1 aromatic carbocycles. The lowest BCUT2D eigenvalue weighted by Gasteiger charge is -2.20. The number of aryl methyl sites for hydroxylation is 1. The van der Waals surface area contributed by atoms with Crippen LogP contribution >= 0.6 is 0 Å². The number of carbonyl (C=O) groups excluding carboxylic acids is 1. The minimum Gasteiger partial charge on any atom is -0.496 e. The van der Waals surface area contributed by atoms with Gasteiger partial charge in [0.15, 0.2) is 0 Å². The molecule has 0 radical (unpaired) electrons. The maximum atomic E-state index is 12.2. The Labute approximate surface area is 162 Å². The topological polar surface area (TPSA) is 56.8 Å². The Balaban J connectivity index is 2.67. The average molecular weight is 384 g/mol. The van der Waals surface area contributed by atoms with Gasteiger partial charge >= 0.3 is 6.09 Å². The van der Waals surface area contributed by atoms with E-state index in [4.69, 9.17) is 14.2 Å². The van der Waals surface area contributed by atoms with Crippen molar-refractivity contribution in [1.82, 2.24) is 5.32 Å². The van der Waals surface area contributed by atoms with E-state index in [1.807, 2.05) is 32.9 Å². The van der Waals surface area contributed by atoms with Crippen LogP contribution in [0.2, 0.25) is 0 Å². The van der Waals surface area contributed by atoms with E-state index < -0.39 is 11.7 Å². The van der Waals surface area contributed by atoms with Crippen molar-refractivity contribution in [2.45, 2.75) is 64.9 Å². The lowest BCUT2D eigenvalue weighted by atomic mass is 10.0. The van der Waals surface area contributed by atoms with E-state index in [1.54, 1.807) is 14.2 Å². The minimum absolute atomic E-state index is 0.247. The number of nitrogens with one attached hydrogen (secondary N) is 1. The largest absolute Gasteiger partial charge is 0.496 e. The van der Waals surface area contributed by atoms with Gasteiger partial charge in [-0.15, -0.1) is 0 Å². The highest BCUT2D eigenvalue weighted by atomic mass is 19.1. The molecule has 0 heterocycles. The first kappa shape index (κ1) is 23.1. The second-order valence-electron chi connectivity index (χ2n) is 7.51. The summed E-state index contributed by atoms with van der Waals surface area (Å²) >= 11 is 0. The normalized spacial score (nSPS) is 11.2. The zero-order valence-corrected chi connectivity index (χ0v) is 17.3. The second-order valence-corrected chi connectivity index (χ2v) is 7.51. The smallest absolute Gasteiger partial charge is 0.407 e. The summed E-state index contributed by atoms with van der Waals surface area (Å²) in [5.41, 5.74) is 1.53. The van der Waals surface area contributed by atoms with Gasteiger partial charge in [0.25, 0.3) is 0 Å². The number of amides is 1. The first-order chi connectivity index (χ1) is 12.8. The number of benzene rings is 1. The van der Waals surface area contributed by atoms with Crippen molar-refractivity contribution in [3.63, 3.8) is 0 Å². The van der Waals surface area contributed by atoms with Crippen molar-refractivity contribution < 1.29 is 23.4 Å². The summed E-state index contributed by atoms with van der Waals surface area (Å²) in [6, 6.07) is 3.96. The number of methoxy groups -OCH3 is 2. The van der Waals surface area contributed by atoms with Gasteiger partial charge < -0.3 is 19.5 Å². The average Bonchev–Trinajstić information content (AvgIpc) is 2.60. The molecule has 1 amide bonds. The molecule has 154 valence electrons. The Morgan fingerprint density at radius 1 is 0.963 bits per heavy atom. The molecule has 0 fully saturated rings. The summed E-state index contributed by atoms with van der Waals surface area (Å²) in [4.78, 5) is 11.8. The lowest BCUT2D eigenvalue weighted by Crippen LogP contribution is -2.33. The van der Waals surface area contributed by atoms with Gasteiger partial charge in [0, 0.05) is 6.54 Å². The number of unbranched alkanes of at least 4 members (excludes halogenated alkanes) is 3. The quantitative estimate of drug-likeness (QED) is 0.555. The van der Waals surface area contributed by atoms with Crippen LogP contribution in [0.25, 0.3) is 0 Å². The molecule has 0 aliphatic heterocycles. The summed E-state index contributed by atoms with van der Waals surface area (Å²) in [5, 5.41) is 2.76. The third-order valence-corrected chi connectivity index (χ3v) is 4.08. The van der Waals surface area contributed by atoms with Crippen molar-refractivity contribution in [3.8, 4) is 11.5 Å². The molecule has 6 heteroatoms. The van der Waals surface area contributed by atoms with Crippen LogP contribution in [0.3, 0.4) is 0 Å². The van der Waals surface area contributed by atoms with E-state index in [0.29, 0.717) is 19.4 Å². The third-order valence-electron chi connectivity index (χ3n) is 4.08. The van der Waals surface area contributed by atoms with Crippen molar-refractivity contribution >= 4 is 6.09 Å². The van der Waals surface area contributed by atoms with Crippen molar-refractivity contribution in [3.05, 3.63) is 23.3 Å². The molecule has 0 unspecified atom stereocenters. The fourth-order valence-corrected chi connectivity index (χ4v) is 2.79. The summed E-state index contributed by atoms with van der Waals surface area (Å²) < 4.78 is 28.5. The maximum absolute atomic E-state index is 12.2. The highest BCUT2D eigenvalue weighted by Gasteiger charge is 2.16. The number of ether oxygens (including phenoxy) is 3. The molecule has 5 nitrogen and oxygen atoms in total. The predicted molar refractivity (Wildman–Crippen MR) is 106 cm³/mol. The minimum atomic E-state index is -0.517. The van der Waals surface area contributed by atoms with Crippen molar-refractivity contribution in [2.75, 3.05) is 27.4 Å². The molecule has 0 atom stereocenters. The monoisotopic (exact) mass is 383 g/mol. The van der Waals surface area contributed by atoms with Crippen LogP contribution in [-0.4, -0.2) is 39.1 Å². The maximum Gasteiger partial charge on any atom is 0.407 e. The molecular formula is C21H34FNO4. The number of alkyl halides is 1. The summed E-state index contributed by atoms with van der Waals surface area (Å²) in [5.74, 6) is 1.59. The Bertz CT molecular complexity index is 584. The molecule has 0 aliphatic carbocycles. The molecule has 0 bridgehead atoms. The summed E-state index contributed by atoms with van der Waals surface area (Å²) in [6.45, 7) is 5.69. The fraction of sp³-hybridized carbons (Fsp3) is 0.667. The lowest BCUT2D eigenvalue weighted by molar-refractivity contribution is 0.0528. The molecule has 0 saturated heterocycles. The van der Waals surface area contributed by atoms with Crippen LogP contribution in [0.15, 0.2) is 12.1 Å². The number of hydrogen-bond donors (Lipinski definition) is 1. The predicted octanol–water partition coefficient (Wildman–Crippen LogP) is 4.84. The number of halogens is 1. The zero-order chi connectivity index (χ0) is 20.3. The number of alkyl carbamates (subject to hydrolysis) is 1. The second kappa shape index (κ2) is 11.7. The van der Waals surface area contributed by atoms with Crippen molar-refractivity contribution in [2.24, 2.45) is 0 Å². The molecule has 1 aromatic rings. The van der Waals surface area contributed by atoms with Gasteiger partial charge in [0.2, 0.25) is 0 Å². The van der Waals surface area contributed by atoms with E-state index in [9.17, 15) is 9.18 Å². The SMILES string of the molecule is COc1cc(CCNC(=O)OC(C)(C)C)c(OC)cc1CCCCCCF. The van der Waals surface area contributed by atoms with E-state index in [1.165, 1.54) is 0 Å². The highest BCUT2D eigenvalue weighted by Crippen LogP contribution is 2.30. The highest BCUT2D eigenvalue weighted by molar-refractivity contribution is 5.67. The molecule has 27 heavy (non-hydrogen) atoms. The molecule has 0 aliphatic rings. The van der Waals surface area contributed by atoms with Gasteiger partial charge in [0.05, 0.1) is 20.9 Å². The van der Waals surface area contributed by atoms with Crippen LogP contribution in [-0.2, 0) is 17.6 Å². The number of rotatable bonds is 11. The van der Waals surface area contributed by atoms with Gasteiger partial charge in [-0.25, -0.2) is 4.79 Å². The van der Waals surface area contributed by atoms with Crippen LogP contribution in [0.4, 0.5) is 9.18 Å². The molecule has 0 aromatic heterocycles. The molecule has 0 spiro atoms. The van der Waals surface area contributed by atoms with Gasteiger partial charge in [0.1, 0.15) is 17.1 Å².